The molecule has 1 heterocycles. The van der Waals surface area contributed by atoms with Crippen molar-refractivity contribution in [3.8, 4) is 0 Å². The fourth-order valence-corrected chi connectivity index (χ4v) is 3.54. The molecule has 0 unspecified atom stereocenters. The zero-order valence-electron chi connectivity index (χ0n) is 15.0. The quantitative estimate of drug-likeness (QED) is 0.574. The van der Waals surface area contributed by atoms with E-state index < -0.39 is 0 Å². The van der Waals surface area contributed by atoms with Crippen LogP contribution in [0.25, 0.3) is 6.08 Å². The summed E-state index contributed by atoms with van der Waals surface area (Å²) < 4.78 is 0. The van der Waals surface area contributed by atoms with Gasteiger partial charge in [0.15, 0.2) is 0 Å². The Morgan fingerprint density at radius 2 is 1.73 bits per heavy atom. The number of thioether (sulfide) groups is 1. The third-order valence-corrected chi connectivity index (χ3v) is 5.40. The average molecular weight is 385 g/mol. The molecule has 1 amide bonds. The summed E-state index contributed by atoms with van der Waals surface area (Å²) >= 11 is 7.54. The summed E-state index contributed by atoms with van der Waals surface area (Å²) in [5, 5.41) is 4.90. The second-order valence-electron chi connectivity index (χ2n) is 7.17. The van der Waals surface area contributed by atoms with Crippen molar-refractivity contribution in [1.82, 2.24) is 5.43 Å². The molecule has 0 aliphatic carbocycles. The molecule has 3 rings (SSSR count). The highest BCUT2D eigenvalue weighted by Crippen LogP contribution is 2.25. The van der Waals surface area contributed by atoms with Crippen molar-refractivity contribution in [2.45, 2.75) is 31.1 Å². The van der Waals surface area contributed by atoms with Gasteiger partial charge in [0.1, 0.15) is 0 Å². The Morgan fingerprint density at radius 3 is 2.35 bits per heavy atom. The van der Waals surface area contributed by atoms with Crippen LogP contribution in [-0.2, 0) is 10.2 Å². The Hall–Kier alpha value is -2.04. The first kappa shape index (κ1) is 18.7. The first-order valence-electron chi connectivity index (χ1n) is 8.41. The third-order valence-electron chi connectivity index (χ3n) is 4.12. The molecule has 0 saturated heterocycles. The van der Waals surface area contributed by atoms with Gasteiger partial charge in [-0.3, -0.25) is 4.79 Å². The van der Waals surface area contributed by atoms with Gasteiger partial charge in [-0.15, -0.1) is 11.8 Å². The number of hydrogen-bond donors (Lipinski definition) is 1. The molecule has 0 spiro atoms. The summed E-state index contributed by atoms with van der Waals surface area (Å²) in [5.74, 6) is 0.461. The molecule has 0 radical (unpaired) electrons. The van der Waals surface area contributed by atoms with Crippen molar-refractivity contribution >= 4 is 41.1 Å². The molecular weight excluding hydrogens is 364 g/mol. The Balaban J connectivity index is 1.74. The number of carbonyl (C=O) groups is 1. The molecule has 26 heavy (non-hydrogen) atoms. The van der Waals surface area contributed by atoms with Crippen molar-refractivity contribution in [2.75, 3.05) is 5.75 Å². The number of hydrazone groups is 1. The summed E-state index contributed by atoms with van der Waals surface area (Å²) in [7, 11) is 0. The predicted octanol–water partition coefficient (Wildman–Crippen LogP) is 5.30. The van der Waals surface area contributed by atoms with Gasteiger partial charge in [0.05, 0.1) is 11.3 Å². The van der Waals surface area contributed by atoms with Crippen molar-refractivity contribution in [3.05, 3.63) is 70.3 Å². The van der Waals surface area contributed by atoms with Gasteiger partial charge in [0, 0.05) is 15.7 Å². The van der Waals surface area contributed by atoms with E-state index >= 15 is 0 Å². The Morgan fingerprint density at radius 1 is 1.08 bits per heavy atom. The molecule has 0 atom stereocenters. The second kappa shape index (κ2) is 7.68. The maximum absolute atomic E-state index is 12.2. The van der Waals surface area contributed by atoms with Crippen molar-refractivity contribution in [2.24, 2.45) is 5.10 Å². The monoisotopic (exact) mass is 384 g/mol. The lowest BCUT2D eigenvalue weighted by molar-refractivity contribution is -0.116. The molecule has 2 aromatic rings. The minimum absolute atomic E-state index is 0.109. The van der Waals surface area contributed by atoms with Crippen LogP contribution < -0.4 is 5.43 Å². The second-order valence-corrected chi connectivity index (χ2v) is 8.66. The van der Waals surface area contributed by atoms with E-state index in [9.17, 15) is 4.79 Å². The minimum Gasteiger partial charge on any atom is -0.267 e. The van der Waals surface area contributed by atoms with E-state index in [0.29, 0.717) is 16.3 Å². The summed E-state index contributed by atoms with van der Waals surface area (Å²) in [6, 6.07) is 16.0. The summed E-state index contributed by atoms with van der Waals surface area (Å²) in [6.07, 6.45) is 1.90. The van der Waals surface area contributed by atoms with E-state index in [1.807, 2.05) is 42.5 Å². The number of nitrogens with zero attached hydrogens (tertiary/aromatic N) is 1. The van der Waals surface area contributed by atoms with Crippen LogP contribution in [0.15, 0.2) is 64.1 Å². The van der Waals surface area contributed by atoms with Gasteiger partial charge in [-0.2, -0.15) is 5.10 Å². The number of nitrogens with one attached hydrogen (secondary N) is 1. The lowest BCUT2D eigenvalue weighted by Crippen LogP contribution is -2.14. The van der Waals surface area contributed by atoms with Gasteiger partial charge in [-0.05, 0) is 46.9 Å². The zero-order chi connectivity index (χ0) is 18.7. The van der Waals surface area contributed by atoms with Crippen LogP contribution in [0.2, 0.25) is 5.02 Å². The van der Waals surface area contributed by atoms with E-state index in [2.05, 4.69) is 43.4 Å². The van der Waals surface area contributed by atoms with E-state index in [0.717, 1.165) is 16.2 Å². The SMILES string of the molecule is CC(C)(C)c1ccc(/C=C2\C(=O)NN=C2CSc2ccc(Cl)cc2)cc1. The molecule has 1 N–H and O–H groups in total. The number of rotatable bonds is 4. The molecule has 2 aromatic carbocycles. The van der Waals surface area contributed by atoms with Crippen LogP contribution in [0.1, 0.15) is 31.9 Å². The summed E-state index contributed by atoms with van der Waals surface area (Å²) in [5.41, 5.74) is 6.32. The maximum atomic E-state index is 12.2. The van der Waals surface area contributed by atoms with Gasteiger partial charge < -0.3 is 0 Å². The first-order valence-corrected chi connectivity index (χ1v) is 9.77. The van der Waals surface area contributed by atoms with Crippen LogP contribution >= 0.6 is 23.4 Å². The number of hydrogen-bond acceptors (Lipinski definition) is 3. The van der Waals surface area contributed by atoms with Crippen LogP contribution in [0.5, 0.6) is 0 Å². The molecule has 0 aromatic heterocycles. The molecule has 3 nitrogen and oxygen atoms in total. The molecule has 134 valence electrons. The van der Waals surface area contributed by atoms with Gasteiger partial charge in [0.25, 0.3) is 5.91 Å². The molecule has 0 saturated carbocycles. The van der Waals surface area contributed by atoms with Gasteiger partial charge >= 0.3 is 0 Å². The Kier molecular flexibility index (Phi) is 5.54. The minimum atomic E-state index is -0.156. The zero-order valence-corrected chi connectivity index (χ0v) is 16.6. The largest absolute Gasteiger partial charge is 0.273 e. The highest BCUT2D eigenvalue weighted by Gasteiger charge is 2.22. The Labute approximate surface area is 163 Å². The summed E-state index contributed by atoms with van der Waals surface area (Å²) in [6.45, 7) is 6.55. The standard InChI is InChI=1S/C21H21ClN2OS/c1-21(2,3)15-6-4-14(5-7-15)12-18-19(23-24-20(18)25)13-26-17-10-8-16(22)9-11-17/h4-12H,13H2,1-3H3,(H,24,25)/b18-12-. The van der Waals surface area contributed by atoms with E-state index in [-0.39, 0.29) is 11.3 Å². The van der Waals surface area contributed by atoms with Gasteiger partial charge in [0.2, 0.25) is 0 Å². The van der Waals surface area contributed by atoms with Gasteiger partial charge in [-0.1, -0.05) is 56.6 Å². The number of carbonyl (C=O) groups excluding carboxylic acids is 1. The predicted molar refractivity (Wildman–Crippen MR) is 111 cm³/mol. The normalized spacial score (nSPS) is 15.9. The van der Waals surface area contributed by atoms with E-state index in [1.165, 1.54) is 5.56 Å². The summed E-state index contributed by atoms with van der Waals surface area (Å²) in [4.78, 5) is 13.2. The van der Waals surface area contributed by atoms with Crippen LogP contribution in [0.4, 0.5) is 0 Å². The molecular formula is C21H21ClN2OS. The number of amides is 1. The molecule has 0 fully saturated rings. The number of benzene rings is 2. The highest BCUT2D eigenvalue weighted by molar-refractivity contribution is 8.00. The lowest BCUT2D eigenvalue weighted by atomic mass is 9.86. The van der Waals surface area contributed by atoms with E-state index in [4.69, 9.17) is 11.6 Å². The third kappa shape index (κ3) is 4.57. The fraction of sp³-hybridized carbons (Fsp3) is 0.238. The van der Waals surface area contributed by atoms with Crippen LogP contribution in [0.3, 0.4) is 0 Å². The van der Waals surface area contributed by atoms with Gasteiger partial charge in [-0.25, -0.2) is 5.43 Å². The molecule has 1 aliphatic heterocycles. The van der Waals surface area contributed by atoms with Crippen molar-refractivity contribution in [3.63, 3.8) is 0 Å². The maximum Gasteiger partial charge on any atom is 0.273 e. The van der Waals surface area contributed by atoms with E-state index in [1.54, 1.807) is 11.8 Å². The smallest absolute Gasteiger partial charge is 0.267 e. The fourth-order valence-electron chi connectivity index (χ4n) is 2.56. The molecule has 0 bridgehead atoms. The number of halogens is 1. The topological polar surface area (TPSA) is 41.5 Å². The highest BCUT2D eigenvalue weighted by atomic mass is 35.5. The lowest BCUT2D eigenvalue weighted by Gasteiger charge is -2.18. The van der Waals surface area contributed by atoms with Crippen molar-refractivity contribution < 1.29 is 4.79 Å². The van der Waals surface area contributed by atoms with Crippen molar-refractivity contribution in [1.29, 1.82) is 0 Å². The average Bonchev–Trinajstić information content (AvgIpc) is 2.94. The van der Waals surface area contributed by atoms with Crippen LogP contribution in [-0.4, -0.2) is 17.4 Å². The molecule has 5 heteroatoms. The first-order chi connectivity index (χ1) is 12.3. The Bertz CT molecular complexity index is 862. The van der Waals surface area contributed by atoms with Crippen LogP contribution in [0, 0.1) is 0 Å². The molecule has 1 aliphatic rings.